The van der Waals surface area contributed by atoms with Crippen LogP contribution in [0.25, 0.3) is 16.8 Å². The number of rotatable bonds is 2. The van der Waals surface area contributed by atoms with Gasteiger partial charge in [0.15, 0.2) is 0 Å². The highest BCUT2D eigenvalue weighted by Gasteiger charge is 2.21. The zero-order chi connectivity index (χ0) is 14.2. The van der Waals surface area contributed by atoms with E-state index in [-0.39, 0.29) is 0 Å². The summed E-state index contributed by atoms with van der Waals surface area (Å²) in [4.78, 5) is 11.4. The Bertz CT molecular complexity index is 780. The molecule has 0 amide bonds. The summed E-state index contributed by atoms with van der Waals surface area (Å²) in [7, 11) is 0. The number of hydrogen-bond acceptors (Lipinski definition) is 5. The minimum absolute atomic E-state index is 0.707. The Labute approximate surface area is 122 Å². The fraction of sp³-hybridized carbons (Fsp3) is 0.333. The van der Waals surface area contributed by atoms with Gasteiger partial charge in [-0.3, -0.25) is 0 Å². The van der Waals surface area contributed by atoms with Gasteiger partial charge in [-0.05, 0) is 30.5 Å². The van der Waals surface area contributed by atoms with Gasteiger partial charge in [0.05, 0.1) is 17.4 Å². The van der Waals surface area contributed by atoms with Crippen molar-refractivity contribution in [3.05, 3.63) is 36.8 Å². The van der Waals surface area contributed by atoms with Crippen LogP contribution in [0, 0.1) is 5.92 Å². The molecule has 1 atom stereocenters. The summed E-state index contributed by atoms with van der Waals surface area (Å²) in [6, 6.07) is 5.83. The number of nitrogens with zero attached hydrogens (tertiary/aromatic N) is 6. The van der Waals surface area contributed by atoms with Crippen LogP contribution >= 0.6 is 0 Å². The predicted molar refractivity (Wildman–Crippen MR) is 80.0 cm³/mol. The average molecular weight is 280 g/mol. The number of aromatic nitrogens is 5. The molecule has 1 unspecified atom stereocenters. The van der Waals surface area contributed by atoms with Gasteiger partial charge in [-0.25, -0.2) is 9.97 Å². The van der Waals surface area contributed by atoms with Crippen LogP contribution in [0.1, 0.15) is 13.3 Å². The molecule has 0 N–H and O–H groups in total. The van der Waals surface area contributed by atoms with Crippen molar-refractivity contribution >= 4 is 11.5 Å². The zero-order valence-corrected chi connectivity index (χ0v) is 11.8. The lowest BCUT2D eigenvalue weighted by Crippen LogP contribution is -2.21. The number of anilines is 1. The first-order valence-corrected chi connectivity index (χ1v) is 7.18. The van der Waals surface area contributed by atoms with E-state index in [1.165, 1.54) is 6.42 Å². The molecule has 3 aromatic heterocycles. The van der Waals surface area contributed by atoms with Crippen LogP contribution in [0.2, 0.25) is 0 Å². The van der Waals surface area contributed by atoms with Crippen LogP contribution in [0.5, 0.6) is 0 Å². The van der Waals surface area contributed by atoms with Crippen molar-refractivity contribution in [3.63, 3.8) is 0 Å². The molecule has 0 aromatic carbocycles. The van der Waals surface area contributed by atoms with Gasteiger partial charge in [0.1, 0.15) is 0 Å². The Balaban J connectivity index is 1.75. The molecule has 106 valence electrons. The highest BCUT2D eigenvalue weighted by atomic mass is 15.4. The third kappa shape index (κ3) is 2.12. The van der Waals surface area contributed by atoms with E-state index in [9.17, 15) is 0 Å². The van der Waals surface area contributed by atoms with Crippen LogP contribution in [0.3, 0.4) is 0 Å². The smallest absolute Gasteiger partial charge is 0.225 e. The summed E-state index contributed by atoms with van der Waals surface area (Å²) in [5, 5.41) is 8.45. The third-order valence-electron chi connectivity index (χ3n) is 3.93. The van der Waals surface area contributed by atoms with Gasteiger partial charge >= 0.3 is 0 Å². The summed E-state index contributed by atoms with van der Waals surface area (Å²) in [5.74, 6) is 1.51. The van der Waals surface area contributed by atoms with Crippen molar-refractivity contribution in [3.8, 4) is 11.3 Å². The van der Waals surface area contributed by atoms with Crippen molar-refractivity contribution in [1.82, 2.24) is 24.8 Å². The Morgan fingerprint density at radius 1 is 1.19 bits per heavy atom. The molecule has 1 aliphatic rings. The van der Waals surface area contributed by atoms with Gasteiger partial charge in [-0.1, -0.05) is 6.92 Å². The minimum atomic E-state index is 0.707. The van der Waals surface area contributed by atoms with Gasteiger partial charge in [-0.2, -0.15) is 14.8 Å². The number of fused-ring (bicyclic) bond motifs is 1. The van der Waals surface area contributed by atoms with E-state index in [0.29, 0.717) is 5.92 Å². The van der Waals surface area contributed by atoms with E-state index >= 15 is 0 Å². The maximum Gasteiger partial charge on any atom is 0.225 e. The summed E-state index contributed by atoms with van der Waals surface area (Å²) in [6.45, 7) is 4.32. The van der Waals surface area contributed by atoms with Crippen LogP contribution in [0.15, 0.2) is 36.8 Å². The maximum atomic E-state index is 4.72. The van der Waals surface area contributed by atoms with Gasteiger partial charge < -0.3 is 4.90 Å². The third-order valence-corrected chi connectivity index (χ3v) is 3.93. The molecule has 1 saturated heterocycles. The zero-order valence-electron chi connectivity index (χ0n) is 11.8. The molecule has 4 rings (SSSR count). The highest BCUT2D eigenvalue weighted by molar-refractivity contribution is 5.77. The normalized spacial score (nSPS) is 18.5. The SMILES string of the molecule is CC1CCN(c2nccc(-c3cnn4ncccc34)n2)C1. The fourth-order valence-electron chi connectivity index (χ4n) is 2.80. The Kier molecular flexibility index (Phi) is 2.80. The summed E-state index contributed by atoms with van der Waals surface area (Å²) in [6.07, 6.45) is 6.55. The monoisotopic (exact) mass is 280 g/mol. The Hall–Kier alpha value is -2.50. The molecule has 1 aliphatic heterocycles. The topological polar surface area (TPSA) is 59.2 Å². The molecule has 6 nitrogen and oxygen atoms in total. The average Bonchev–Trinajstić information content (AvgIpc) is 3.13. The van der Waals surface area contributed by atoms with Crippen molar-refractivity contribution < 1.29 is 0 Å². The highest BCUT2D eigenvalue weighted by Crippen LogP contribution is 2.25. The van der Waals surface area contributed by atoms with Crippen LogP contribution in [-0.2, 0) is 0 Å². The van der Waals surface area contributed by atoms with E-state index in [2.05, 4.69) is 27.0 Å². The molecule has 0 aliphatic carbocycles. The van der Waals surface area contributed by atoms with Gasteiger partial charge in [0.25, 0.3) is 0 Å². The molecule has 1 fully saturated rings. The van der Waals surface area contributed by atoms with E-state index in [1.807, 2.05) is 24.4 Å². The quantitative estimate of drug-likeness (QED) is 0.719. The van der Waals surface area contributed by atoms with Crippen LogP contribution in [0.4, 0.5) is 5.95 Å². The molecule has 0 saturated carbocycles. The van der Waals surface area contributed by atoms with Crippen LogP contribution < -0.4 is 4.90 Å². The van der Waals surface area contributed by atoms with E-state index in [1.54, 1.807) is 17.0 Å². The first-order valence-electron chi connectivity index (χ1n) is 7.18. The largest absolute Gasteiger partial charge is 0.341 e. The second-order valence-corrected chi connectivity index (χ2v) is 5.54. The lowest BCUT2D eigenvalue weighted by Gasteiger charge is -2.15. The fourth-order valence-corrected chi connectivity index (χ4v) is 2.80. The summed E-state index contributed by atoms with van der Waals surface area (Å²) < 4.78 is 1.62. The molecule has 0 bridgehead atoms. The van der Waals surface area contributed by atoms with Crippen molar-refractivity contribution in [2.45, 2.75) is 13.3 Å². The molecule has 4 heterocycles. The van der Waals surface area contributed by atoms with Gasteiger partial charge in [-0.15, -0.1) is 0 Å². The minimum Gasteiger partial charge on any atom is -0.341 e. The van der Waals surface area contributed by atoms with Gasteiger partial charge in [0.2, 0.25) is 5.95 Å². The molecule has 0 radical (unpaired) electrons. The number of hydrogen-bond donors (Lipinski definition) is 0. The second-order valence-electron chi connectivity index (χ2n) is 5.54. The van der Waals surface area contributed by atoms with E-state index in [4.69, 9.17) is 4.98 Å². The summed E-state index contributed by atoms with van der Waals surface area (Å²) >= 11 is 0. The maximum absolute atomic E-state index is 4.72. The Morgan fingerprint density at radius 2 is 2.14 bits per heavy atom. The predicted octanol–water partition coefficient (Wildman–Crippen LogP) is 2.03. The lowest BCUT2D eigenvalue weighted by molar-refractivity contribution is 0.658. The first-order chi connectivity index (χ1) is 10.3. The molecule has 3 aromatic rings. The molecular formula is C15H16N6. The summed E-state index contributed by atoms with van der Waals surface area (Å²) in [5.41, 5.74) is 2.83. The molecule has 0 spiro atoms. The second kappa shape index (κ2) is 4.80. The molecule has 6 heteroatoms. The van der Waals surface area contributed by atoms with Crippen molar-refractivity contribution in [2.24, 2.45) is 5.92 Å². The van der Waals surface area contributed by atoms with E-state index < -0.39 is 0 Å². The van der Waals surface area contributed by atoms with Gasteiger partial charge in [0, 0.05) is 31.0 Å². The van der Waals surface area contributed by atoms with E-state index in [0.717, 1.165) is 35.8 Å². The standard InChI is InChI=1S/C15H16N6/c1-11-5-8-20(10-11)15-16-7-4-13(19-15)12-9-18-21-14(12)3-2-6-17-21/h2-4,6-7,9,11H,5,8,10H2,1H3. The lowest BCUT2D eigenvalue weighted by atomic mass is 10.2. The molecule has 21 heavy (non-hydrogen) atoms. The van der Waals surface area contributed by atoms with Crippen molar-refractivity contribution in [2.75, 3.05) is 18.0 Å². The van der Waals surface area contributed by atoms with Crippen LogP contribution in [-0.4, -0.2) is 37.9 Å². The first kappa shape index (κ1) is 12.3. The molecular weight excluding hydrogens is 264 g/mol. The Morgan fingerprint density at radius 3 is 3.00 bits per heavy atom. The van der Waals surface area contributed by atoms with Crippen molar-refractivity contribution in [1.29, 1.82) is 0 Å².